The summed E-state index contributed by atoms with van der Waals surface area (Å²) in [5.74, 6) is -0.232. The molecule has 2 heterocycles. The normalized spacial score (nSPS) is 12.2. The number of nitrogen functional groups attached to an aromatic ring is 1. The number of fused-ring (bicyclic) bond motifs is 1. The number of benzene rings is 1. The molecule has 0 fully saturated rings. The number of nitrogens with zero attached hydrogens (tertiary/aromatic N) is 4. The molecule has 0 aliphatic carbocycles. The first-order chi connectivity index (χ1) is 13.4. The van der Waals surface area contributed by atoms with Crippen molar-refractivity contribution >= 4 is 40.6 Å². The molecule has 9 nitrogen and oxygen atoms in total. The van der Waals surface area contributed by atoms with Crippen LogP contribution in [0.2, 0.25) is 10.0 Å². The molecule has 5 N–H and O–H groups in total. The largest absolute Gasteiger partial charge is 0.493 e. The Labute approximate surface area is 170 Å². The van der Waals surface area contributed by atoms with Crippen molar-refractivity contribution in [2.45, 2.75) is 25.3 Å². The highest BCUT2D eigenvalue weighted by atomic mass is 35.5. The minimum absolute atomic E-state index is 0.268. The molecule has 2 aromatic heterocycles. The Balaban J connectivity index is 1.80. The standard InChI is InChI=1S/C17H18Cl2N6O3/c18-11-3-4-13(28-5-1-2-12(20)17(26)27)10(14(11)19)6-9-7-22-16-15(21)23-8-24-25(9)16/h3-4,7-8,12H,1-2,5-6,20H2,(H,26,27)(H2,21,23,24). The number of imidazole rings is 1. The minimum Gasteiger partial charge on any atom is -0.493 e. The van der Waals surface area contributed by atoms with Crippen LogP contribution in [-0.2, 0) is 11.2 Å². The highest BCUT2D eigenvalue weighted by Gasteiger charge is 2.17. The highest BCUT2D eigenvalue weighted by Crippen LogP contribution is 2.35. The first-order valence-corrected chi connectivity index (χ1v) is 9.15. The first-order valence-electron chi connectivity index (χ1n) is 8.39. The van der Waals surface area contributed by atoms with Crippen LogP contribution >= 0.6 is 23.2 Å². The van der Waals surface area contributed by atoms with E-state index in [1.165, 1.54) is 6.33 Å². The van der Waals surface area contributed by atoms with Crippen molar-refractivity contribution in [1.29, 1.82) is 0 Å². The van der Waals surface area contributed by atoms with Crippen LogP contribution in [0.15, 0.2) is 24.7 Å². The van der Waals surface area contributed by atoms with Gasteiger partial charge in [-0.2, -0.15) is 5.10 Å². The quantitative estimate of drug-likeness (QED) is 0.466. The predicted molar refractivity (Wildman–Crippen MR) is 105 cm³/mol. The fraction of sp³-hybridized carbons (Fsp3) is 0.294. The summed E-state index contributed by atoms with van der Waals surface area (Å²) in [6, 6.07) is 2.44. The van der Waals surface area contributed by atoms with Crippen molar-refractivity contribution in [3.05, 3.63) is 46.0 Å². The number of carbonyl (C=O) groups is 1. The highest BCUT2D eigenvalue weighted by molar-refractivity contribution is 6.42. The maximum Gasteiger partial charge on any atom is 0.320 e. The van der Waals surface area contributed by atoms with Gasteiger partial charge in [-0.05, 0) is 25.0 Å². The minimum atomic E-state index is -1.04. The van der Waals surface area contributed by atoms with Gasteiger partial charge in [-0.15, -0.1) is 0 Å². The van der Waals surface area contributed by atoms with Gasteiger partial charge in [-0.1, -0.05) is 23.2 Å². The van der Waals surface area contributed by atoms with E-state index >= 15 is 0 Å². The number of hydrogen-bond donors (Lipinski definition) is 3. The van der Waals surface area contributed by atoms with Crippen LogP contribution in [0, 0.1) is 0 Å². The number of rotatable bonds is 8. The number of aliphatic carboxylic acids is 1. The van der Waals surface area contributed by atoms with Crippen molar-refractivity contribution in [2.24, 2.45) is 5.73 Å². The lowest BCUT2D eigenvalue weighted by Crippen LogP contribution is -2.30. The van der Waals surface area contributed by atoms with Crippen LogP contribution in [-0.4, -0.2) is 43.3 Å². The average molecular weight is 425 g/mol. The first kappa shape index (κ1) is 20.1. The van der Waals surface area contributed by atoms with Crippen LogP contribution < -0.4 is 16.2 Å². The molecule has 0 saturated heterocycles. The summed E-state index contributed by atoms with van der Waals surface area (Å²) in [7, 11) is 0. The molecule has 1 atom stereocenters. The second-order valence-electron chi connectivity index (χ2n) is 6.08. The van der Waals surface area contributed by atoms with Gasteiger partial charge in [0, 0.05) is 12.0 Å². The third-order valence-corrected chi connectivity index (χ3v) is 4.99. The van der Waals surface area contributed by atoms with Crippen molar-refractivity contribution in [3.8, 4) is 5.75 Å². The molecular weight excluding hydrogens is 407 g/mol. The Morgan fingerprint density at radius 3 is 2.86 bits per heavy atom. The number of nitrogens with two attached hydrogens (primary N) is 2. The van der Waals surface area contributed by atoms with E-state index in [4.69, 9.17) is 44.5 Å². The van der Waals surface area contributed by atoms with Gasteiger partial charge in [0.05, 0.1) is 28.5 Å². The third-order valence-electron chi connectivity index (χ3n) is 4.15. The summed E-state index contributed by atoms with van der Waals surface area (Å²) >= 11 is 12.6. The average Bonchev–Trinajstić information content (AvgIpc) is 3.08. The van der Waals surface area contributed by atoms with E-state index in [0.717, 1.165) is 5.69 Å². The van der Waals surface area contributed by atoms with E-state index in [9.17, 15) is 4.79 Å². The number of aromatic nitrogens is 4. The van der Waals surface area contributed by atoms with E-state index < -0.39 is 12.0 Å². The van der Waals surface area contributed by atoms with Crippen molar-refractivity contribution in [2.75, 3.05) is 12.3 Å². The number of hydrogen-bond acceptors (Lipinski definition) is 7. The second-order valence-corrected chi connectivity index (χ2v) is 6.87. The maximum absolute atomic E-state index is 10.8. The third kappa shape index (κ3) is 4.27. The Kier molecular flexibility index (Phi) is 6.18. The predicted octanol–water partition coefficient (Wildman–Crippen LogP) is 2.18. The molecule has 3 aromatic rings. The number of carboxylic acids is 1. The van der Waals surface area contributed by atoms with Gasteiger partial charge in [0.2, 0.25) is 0 Å². The molecule has 0 aliphatic rings. The fourth-order valence-corrected chi connectivity index (χ4v) is 3.07. The Hall–Kier alpha value is -2.62. The molecule has 1 unspecified atom stereocenters. The Bertz CT molecular complexity index is 1010. The summed E-state index contributed by atoms with van der Waals surface area (Å²) in [5, 5.41) is 13.8. The summed E-state index contributed by atoms with van der Waals surface area (Å²) in [6.45, 7) is 0.286. The lowest BCUT2D eigenvalue weighted by atomic mass is 10.1. The molecule has 11 heteroatoms. The molecule has 28 heavy (non-hydrogen) atoms. The zero-order valence-corrected chi connectivity index (χ0v) is 16.2. The number of ether oxygens (including phenoxy) is 1. The summed E-state index contributed by atoms with van der Waals surface area (Å²) in [6.07, 6.45) is 4.10. The molecule has 0 aliphatic heterocycles. The van der Waals surface area contributed by atoms with Gasteiger partial charge >= 0.3 is 5.97 Å². The Morgan fingerprint density at radius 2 is 2.11 bits per heavy atom. The topological polar surface area (TPSA) is 142 Å². The monoisotopic (exact) mass is 424 g/mol. The van der Waals surface area contributed by atoms with E-state index in [0.29, 0.717) is 46.3 Å². The summed E-state index contributed by atoms with van der Waals surface area (Å²) in [4.78, 5) is 18.9. The molecule has 3 rings (SSSR count). The zero-order valence-electron chi connectivity index (χ0n) is 14.7. The summed E-state index contributed by atoms with van der Waals surface area (Å²) < 4.78 is 7.39. The summed E-state index contributed by atoms with van der Waals surface area (Å²) in [5.41, 5.74) is 13.2. The van der Waals surface area contributed by atoms with Crippen molar-refractivity contribution in [1.82, 2.24) is 19.6 Å². The SMILES string of the molecule is Nc1ncnn2c(Cc3c(OCCCC(N)C(=O)O)ccc(Cl)c3Cl)cnc12. The molecule has 148 valence electrons. The van der Waals surface area contributed by atoms with Crippen LogP contribution in [0.4, 0.5) is 5.82 Å². The molecular formula is C17H18Cl2N6O3. The maximum atomic E-state index is 10.8. The van der Waals surface area contributed by atoms with Gasteiger partial charge < -0.3 is 21.3 Å². The number of halogens is 2. The molecule has 1 aromatic carbocycles. The van der Waals surface area contributed by atoms with E-state index in [1.807, 2.05) is 0 Å². The molecule has 0 bridgehead atoms. The van der Waals surface area contributed by atoms with Crippen LogP contribution in [0.1, 0.15) is 24.1 Å². The molecule has 0 amide bonds. The molecule has 0 saturated carbocycles. The molecule has 0 radical (unpaired) electrons. The lowest BCUT2D eigenvalue weighted by Gasteiger charge is -2.14. The number of anilines is 1. The van der Waals surface area contributed by atoms with E-state index in [-0.39, 0.29) is 12.4 Å². The van der Waals surface area contributed by atoms with E-state index in [1.54, 1.807) is 22.8 Å². The zero-order chi connectivity index (χ0) is 20.3. The second kappa shape index (κ2) is 8.59. The van der Waals surface area contributed by atoms with Crippen molar-refractivity contribution < 1.29 is 14.6 Å². The Morgan fingerprint density at radius 1 is 1.32 bits per heavy atom. The van der Waals surface area contributed by atoms with Gasteiger partial charge in [0.25, 0.3) is 0 Å². The lowest BCUT2D eigenvalue weighted by molar-refractivity contribution is -0.138. The van der Waals surface area contributed by atoms with Gasteiger partial charge in [-0.25, -0.2) is 14.5 Å². The fourth-order valence-electron chi connectivity index (χ4n) is 2.67. The van der Waals surface area contributed by atoms with Crippen LogP contribution in [0.5, 0.6) is 5.75 Å². The van der Waals surface area contributed by atoms with E-state index in [2.05, 4.69) is 15.1 Å². The van der Waals surface area contributed by atoms with Gasteiger partial charge in [0.15, 0.2) is 11.5 Å². The smallest absolute Gasteiger partial charge is 0.320 e. The van der Waals surface area contributed by atoms with Crippen LogP contribution in [0.3, 0.4) is 0 Å². The van der Waals surface area contributed by atoms with Crippen LogP contribution in [0.25, 0.3) is 5.65 Å². The van der Waals surface area contributed by atoms with Gasteiger partial charge in [0.1, 0.15) is 18.1 Å². The molecule has 0 spiro atoms. The van der Waals surface area contributed by atoms with Crippen molar-refractivity contribution in [3.63, 3.8) is 0 Å². The van der Waals surface area contributed by atoms with Gasteiger partial charge in [-0.3, -0.25) is 4.79 Å². The number of carboxylic acid groups (broad SMARTS) is 1.